The molecule has 2 amide bonds. The van der Waals surface area contributed by atoms with Gasteiger partial charge in [0.25, 0.3) is 0 Å². The minimum absolute atomic E-state index is 0.0203. The highest BCUT2D eigenvalue weighted by Crippen LogP contribution is 2.46. The van der Waals surface area contributed by atoms with Gasteiger partial charge in [-0.05, 0) is 86.2 Å². The van der Waals surface area contributed by atoms with Gasteiger partial charge in [-0.15, -0.1) is 0 Å². The van der Waals surface area contributed by atoms with E-state index in [-0.39, 0.29) is 42.3 Å². The van der Waals surface area contributed by atoms with Crippen LogP contribution >= 0.6 is 23.2 Å². The van der Waals surface area contributed by atoms with Crippen molar-refractivity contribution in [3.05, 3.63) is 99.0 Å². The molecule has 1 N–H and O–H groups in total. The van der Waals surface area contributed by atoms with E-state index in [0.29, 0.717) is 42.4 Å². The lowest BCUT2D eigenvalue weighted by atomic mass is 9.80. The van der Waals surface area contributed by atoms with Crippen LogP contribution in [0, 0.1) is 5.92 Å². The van der Waals surface area contributed by atoms with Gasteiger partial charge in [0, 0.05) is 36.2 Å². The summed E-state index contributed by atoms with van der Waals surface area (Å²) in [6, 6.07) is 17.0. The Hall–Kier alpha value is -3.27. The van der Waals surface area contributed by atoms with Crippen LogP contribution in [0.2, 0.25) is 10.0 Å². The molecule has 2 atom stereocenters. The molecule has 3 aromatic carbocycles. The highest BCUT2D eigenvalue weighted by Gasteiger charge is 2.48. The fraction of sp³-hybridized carbons (Fsp3) is 0.394. The molecule has 6 nitrogen and oxygen atoms in total. The van der Waals surface area contributed by atoms with Gasteiger partial charge in [0.1, 0.15) is 11.6 Å². The molecule has 0 aliphatic carbocycles. The molecular weight excluding hydrogens is 614 g/mol. The number of hydrogen-bond donors (Lipinski definition) is 1. The third kappa shape index (κ3) is 6.55. The second-order valence-electron chi connectivity index (χ2n) is 11.4. The van der Waals surface area contributed by atoms with Gasteiger partial charge in [0.05, 0.1) is 29.3 Å². The van der Waals surface area contributed by atoms with Crippen molar-refractivity contribution in [1.29, 1.82) is 0 Å². The molecule has 0 aromatic heterocycles. The number of aliphatic imine (C=N–C) groups is 1. The van der Waals surface area contributed by atoms with E-state index in [1.54, 1.807) is 41.0 Å². The molecule has 234 valence electrons. The number of amidine groups is 1. The molecule has 0 unspecified atom stereocenters. The topological polar surface area (TPSA) is 65.4 Å². The van der Waals surface area contributed by atoms with Crippen molar-refractivity contribution in [2.75, 3.05) is 26.3 Å². The van der Waals surface area contributed by atoms with Crippen LogP contribution in [0.25, 0.3) is 0 Å². The van der Waals surface area contributed by atoms with Gasteiger partial charge in [-0.3, -0.25) is 9.89 Å². The maximum Gasteiger partial charge on any atom is 0.416 e. The molecule has 2 aliphatic rings. The minimum Gasteiger partial charge on any atom is -0.493 e. The molecule has 0 bridgehead atoms. The maximum atomic E-state index is 14.6. The van der Waals surface area contributed by atoms with Crippen LogP contribution in [-0.2, 0) is 11.7 Å². The summed E-state index contributed by atoms with van der Waals surface area (Å²) in [7, 11) is 0. The SMILES string of the molecule is CCOc1cc(C(F)(F)F)ccc1C1=N[C@H](c2ccc(Cl)cc2)C[C@@](C)(c2ccc(Cl)cc2)N1C(=O)N1CCC(CO)CC1. The van der Waals surface area contributed by atoms with E-state index in [4.69, 9.17) is 32.9 Å². The summed E-state index contributed by atoms with van der Waals surface area (Å²) < 4.78 is 47.1. The Morgan fingerprint density at radius 2 is 1.64 bits per heavy atom. The zero-order valence-electron chi connectivity index (χ0n) is 24.5. The number of aliphatic hydroxyl groups excluding tert-OH is 1. The Bertz CT molecular complexity index is 1510. The van der Waals surface area contributed by atoms with Crippen LogP contribution in [0.15, 0.2) is 71.7 Å². The van der Waals surface area contributed by atoms with Gasteiger partial charge in [-0.25, -0.2) is 4.79 Å². The number of alkyl halides is 3. The van der Waals surface area contributed by atoms with Crippen molar-refractivity contribution >= 4 is 35.1 Å². The highest BCUT2D eigenvalue weighted by atomic mass is 35.5. The van der Waals surface area contributed by atoms with Crippen LogP contribution < -0.4 is 4.74 Å². The van der Waals surface area contributed by atoms with E-state index < -0.39 is 23.3 Å². The predicted octanol–water partition coefficient (Wildman–Crippen LogP) is 8.34. The first-order chi connectivity index (χ1) is 20.9. The summed E-state index contributed by atoms with van der Waals surface area (Å²) in [4.78, 5) is 23.0. The molecule has 0 spiro atoms. The Morgan fingerprint density at radius 3 is 2.20 bits per heavy atom. The number of benzene rings is 3. The largest absolute Gasteiger partial charge is 0.493 e. The lowest BCUT2D eigenvalue weighted by molar-refractivity contribution is -0.137. The number of urea groups is 1. The number of likely N-dealkylation sites (tertiary alicyclic amines) is 1. The molecule has 3 aromatic rings. The first-order valence-electron chi connectivity index (χ1n) is 14.6. The first kappa shape index (κ1) is 32.1. The second-order valence-corrected chi connectivity index (χ2v) is 12.3. The number of aliphatic hydroxyl groups is 1. The Labute approximate surface area is 265 Å². The molecule has 2 heterocycles. The molecule has 5 rings (SSSR count). The Balaban J connectivity index is 1.73. The summed E-state index contributed by atoms with van der Waals surface area (Å²) in [5, 5.41) is 10.8. The van der Waals surface area contributed by atoms with Crippen molar-refractivity contribution in [3.63, 3.8) is 0 Å². The number of piperidine rings is 1. The summed E-state index contributed by atoms with van der Waals surface area (Å²) in [6.07, 6.45) is -2.94. The third-order valence-electron chi connectivity index (χ3n) is 8.48. The molecular formula is C33H34Cl2F3N3O3. The van der Waals surface area contributed by atoms with E-state index in [9.17, 15) is 23.1 Å². The lowest BCUT2D eigenvalue weighted by Crippen LogP contribution is -2.59. The van der Waals surface area contributed by atoms with Crippen LogP contribution in [0.1, 0.15) is 61.4 Å². The van der Waals surface area contributed by atoms with Gasteiger partial charge in [0.15, 0.2) is 0 Å². The number of amides is 2. The molecule has 0 radical (unpaired) electrons. The number of hydrogen-bond acceptors (Lipinski definition) is 4. The Kier molecular flexibility index (Phi) is 9.49. The fourth-order valence-corrected chi connectivity index (χ4v) is 6.24. The smallest absolute Gasteiger partial charge is 0.416 e. The molecule has 0 saturated carbocycles. The molecule has 1 fully saturated rings. The minimum atomic E-state index is -4.59. The average molecular weight is 649 g/mol. The summed E-state index contributed by atoms with van der Waals surface area (Å²) in [5.41, 5.74) is 0.0462. The van der Waals surface area contributed by atoms with Gasteiger partial charge < -0.3 is 14.7 Å². The third-order valence-corrected chi connectivity index (χ3v) is 8.98. The average Bonchev–Trinajstić information content (AvgIpc) is 3.01. The van der Waals surface area contributed by atoms with Crippen LogP contribution in [0.4, 0.5) is 18.0 Å². The number of carbonyl (C=O) groups excluding carboxylic acids is 1. The molecule has 44 heavy (non-hydrogen) atoms. The monoisotopic (exact) mass is 647 g/mol. The number of rotatable bonds is 6. The van der Waals surface area contributed by atoms with E-state index in [1.165, 1.54) is 6.07 Å². The summed E-state index contributed by atoms with van der Waals surface area (Å²) in [6.45, 7) is 4.64. The van der Waals surface area contributed by atoms with Crippen molar-refractivity contribution < 1.29 is 27.8 Å². The van der Waals surface area contributed by atoms with Crippen molar-refractivity contribution in [3.8, 4) is 5.75 Å². The summed E-state index contributed by atoms with van der Waals surface area (Å²) in [5.74, 6) is 0.290. The van der Waals surface area contributed by atoms with Crippen LogP contribution in [0.3, 0.4) is 0 Å². The number of nitrogens with zero attached hydrogens (tertiary/aromatic N) is 3. The zero-order chi connectivity index (χ0) is 31.6. The standard InChI is InChI=1S/C33H34Cl2F3N3O3/c1-3-44-29-18-24(33(36,37)38)8-13-27(29)30-39-28(22-4-9-25(34)10-5-22)19-32(2,23-6-11-26(35)12-7-23)41(30)31(43)40-16-14-21(20-42)15-17-40/h4-13,18,21,28,42H,3,14-17,19-20H2,1-2H3/t28-,32-/m0/s1. The van der Waals surface area contributed by atoms with Crippen molar-refractivity contribution in [2.45, 2.75) is 50.9 Å². The van der Waals surface area contributed by atoms with Gasteiger partial charge in [-0.2, -0.15) is 13.2 Å². The highest BCUT2D eigenvalue weighted by molar-refractivity contribution is 6.30. The van der Waals surface area contributed by atoms with Crippen molar-refractivity contribution in [1.82, 2.24) is 9.80 Å². The van der Waals surface area contributed by atoms with E-state index in [0.717, 1.165) is 23.3 Å². The normalized spacial score (nSPS) is 21.3. The van der Waals surface area contributed by atoms with Gasteiger partial charge in [-0.1, -0.05) is 47.5 Å². The lowest BCUT2D eigenvalue weighted by Gasteiger charge is -2.49. The summed E-state index contributed by atoms with van der Waals surface area (Å²) >= 11 is 12.5. The maximum absolute atomic E-state index is 14.6. The van der Waals surface area contributed by atoms with Crippen LogP contribution in [0.5, 0.6) is 5.75 Å². The first-order valence-corrected chi connectivity index (χ1v) is 15.3. The van der Waals surface area contributed by atoms with Crippen molar-refractivity contribution in [2.24, 2.45) is 10.9 Å². The fourth-order valence-electron chi connectivity index (χ4n) is 5.98. The zero-order valence-corrected chi connectivity index (χ0v) is 26.0. The second kappa shape index (κ2) is 13.0. The van der Waals surface area contributed by atoms with E-state index in [1.807, 2.05) is 31.2 Å². The van der Waals surface area contributed by atoms with Gasteiger partial charge >= 0.3 is 12.2 Å². The molecule has 2 aliphatic heterocycles. The van der Waals surface area contributed by atoms with Gasteiger partial charge in [0.2, 0.25) is 0 Å². The number of halogens is 5. The number of carbonyl (C=O) groups is 1. The van der Waals surface area contributed by atoms with E-state index in [2.05, 4.69) is 0 Å². The predicted molar refractivity (Wildman–Crippen MR) is 165 cm³/mol. The Morgan fingerprint density at radius 1 is 1.02 bits per heavy atom. The van der Waals surface area contributed by atoms with E-state index >= 15 is 0 Å². The van der Waals surface area contributed by atoms with Crippen LogP contribution in [-0.4, -0.2) is 53.1 Å². The molecule has 11 heteroatoms. The number of ether oxygens (including phenoxy) is 1. The molecule has 1 saturated heterocycles. The quantitative estimate of drug-likeness (QED) is 0.292.